The van der Waals surface area contributed by atoms with Crippen LogP contribution in [0.5, 0.6) is 0 Å². The second-order valence-corrected chi connectivity index (χ2v) is 7.83. The average Bonchev–Trinajstić information content (AvgIpc) is 2.30. The Morgan fingerprint density at radius 2 is 1.84 bits per heavy atom. The van der Waals surface area contributed by atoms with Gasteiger partial charge in [-0.2, -0.15) is 0 Å². The van der Waals surface area contributed by atoms with E-state index < -0.39 is 0 Å². The Hall–Kier alpha value is -0.0800. The fraction of sp³-hybridized carbons (Fsp3) is 1.00. The molecule has 0 saturated heterocycles. The normalized spacial score (nSPS) is 29.2. The molecular weight excluding hydrogens is 232 g/mol. The molecule has 0 aromatic heterocycles. The molecule has 0 bridgehead atoms. The Labute approximate surface area is 121 Å². The van der Waals surface area contributed by atoms with Gasteiger partial charge < -0.3 is 10.2 Å². The highest BCUT2D eigenvalue weighted by Gasteiger charge is 2.35. The van der Waals surface area contributed by atoms with Gasteiger partial charge in [0.15, 0.2) is 0 Å². The lowest BCUT2D eigenvalue weighted by molar-refractivity contribution is 0.0873. The van der Waals surface area contributed by atoms with Crippen molar-refractivity contribution in [2.24, 2.45) is 17.3 Å². The van der Waals surface area contributed by atoms with E-state index in [1.54, 1.807) is 0 Å². The second-order valence-electron chi connectivity index (χ2n) is 7.83. The van der Waals surface area contributed by atoms with Gasteiger partial charge in [0.25, 0.3) is 0 Å². The molecule has 0 aliphatic heterocycles. The predicted octanol–water partition coefficient (Wildman–Crippen LogP) is 3.77. The van der Waals surface area contributed by atoms with Crippen LogP contribution in [0, 0.1) is 17.3 Å². The molecule has 19 heavy (non-hydrogen) atoms. The highest BCUT2D eigenvalue weighted by Crippen LogP contribution is 2.40. The highest BCUT2D eigenvalue weighted by molar-refractivity contribution is 4.90. The SMILES string of the molecule is CCNC1CCC(C(C)(C)C)CC1CN(C)C(C)C. The quantitative estimate of drug-likeness (QED) is 0.816. The summed E-state index contributed by atoms with van der Waals surface area (Å²) in [7, 11) is 2.27. The molecule has 3 unspecified atom stereocenters. The van der Waals surface area contributed by atoms with Crippen LogP contribution in [-0.4, -0.2) is 37.1 Å². The van der Waals surface area contributed by atoms with Crippen molar-refractivity contribution in [3.8, 4) is 0 Å². The van der Waals surface area contributed by atoms with E-state index in [-0.39, 0.29) is 0 Å². The first-order valence-corrected chi connectivity index (χ1v) is 8.19. The zero-order valence-corrected chi connectivity index (χ0v) is 14.3. The maximum absolute atomic E-state index is 3.72. The van der Waals surface area contributed by atoms with Gasteiger partial charge in [-0.25, -0.2) is 0 Å². The minimum absolute atomic E-state index is 0.464. The fourth-order valence-corrected chi connectivity index (χ4v) is 3.36. The summed E-state index contributed by atoms with van der Waals surface area (Å²) < 4.78 is 0. The first-order valence-electron chi connectivity index (χ1n) is 8.19. The van der Waals surface area contributed by atoms with Crippen LogP contribution in [0.1, 0.15) is 60.8 Å². The van der Waals surface area contributed by atoms with Gasteiger partial charge in [0.1, 0.15) is 0 Å². The van der Waals surface area contributed by atoms with Crippen LogP contribution in [0.4, 0.5) is 0 Å². The third-order valence-corrected chi connectivity index (χ3v) is 5.08. The Morgan fingerprint density at radius 1 is 1.21 bits per heavy atom. The Morgan fingerprint density at radius 3 is 2.32 bits per heavy atom. The summed E-state index contributed by atoms with van der Waals surface area (Å²) in [6, 6.07) is 1.38. The van der Waals surface area contributed by atoms with Crippen LogP contribution >= 0.6 is 0 Å². The lowest BCUT2D eigenvalue weighted by Crippen LogP contribution is -2.47. The minimum Gasteiger partial charge on any atom is -0.314 e. The summed E-state index contributed by atoms with van der Waals surface area (Å²) in [5.74, 6) is 1.69. The maximum atomic E-state index is 3.72. The molecule has 3 atom stereocenters. The summed E-state index contributed by atoms with van der Waals surface area (Å²) in [6.07, 6.45) is 4.13. The zero-order valence-electron chi connectivity index (χ0n) is 14.3. The van der Waals surface area contributed by atoms with E-state index in [4.69, 9.17) is 0 Å². The standard InChI is InChI=1S/C17H36N2/c1-8-18-16-10-9-15(17(4,5)6)11-14(16)12-19(7)13(2)3/h13-16,18H,8-12H2,1-7H3. The van der Waals surface area contributed by atoms with E-state index in [1.807, 2.05) is 0 Å². The van der Waals surface area contributed by atoms with Crippen molar-refractivity contribution in [2.45, 2.75) is 72.9 Å². The molecular formula is C17H36N2. The van der Waals surface area contributed by atoms with E-state index in [1.165, 1.54) is 25.8 Å². The van der Waals surface area contributed by atoms with Crippen molar-refractivity contribution in [1.29, 1.82) is 0 Å². The molecule has 1 N–H and O–H groups in total. The number of rotatable bonds is 5. The first-order chi connectivity index (χ1) is 8.75. The van der Waals surface area contributed by atoms with E-state index in [2.05, 4.69) is 58.8 Å². The molecule has 0 spiro atoms. The zero-order chi connectivity index (χ0) is 14.6. The molecule has 1 aliphatic carbocycles. The van der Waals surface area contributed by atoms with Crippen LogP contribution < -0.4 is 5.32 Å². The molecule has 2 heteroatoms. The summed E-state index contributed by atoms with van der Waals surface area (Å²) in [5.41, 5.74) is 0.464. The molecule has 2 nitrogen and oxygen atoms in total. The van der Waals surface area contributed by atoms with Crippen LogP contribution in [0.3, 0.4) is 0 Å². The van der Waals surface area contributed by atoms with Gasteiger partial charge in [0.2, 0.25) is 0 Å². The minimum atomic E-state index is 0.464. The Kier molecular flexibility index (Phi) is 6.32. The molecule has 0 aromatic carbocycles. The Balaban J connectivity index is 2.67. The Bertz CT molecular complexity index is 254. The largest absolute Gasteiger partial charge is 0.314 e. The summed E-state index contributed by atoms with van der Waals surface area (Å²) in [4.78, 5) is 2.51. The average molecular weight is 268 g/mol. The topological polar surface area (TPSA) is 15.3 Å². The number of nitrogens with zero attached hydrogens (tertiary/aromatic N) is 1. The van der Waals surface area contributed by atoms with Gasteiger partial charge in [-0.15, -0.1) is 0 Å². The third-order valence-electron chi connectivity index (χ3n) is 5.08. The van der Waals surface area contributed by atoms with Crippen molar-refractivity contribution in [3.05, 3.63) is 0 Å². The van der Waals surface area contributed by atoms with Crippen LogP contribution in [-0.2, 0) is 0 Å². The van der Waals surface area contributed by atoms with E-state index in [0.29, 0.717) is 11.5 Å². The molecule has 0 aromatic rings. The van der Waals surface area contributed by atoms with Gasteiger partial charge in [-0.3, -0.25) is 0 Å². The van der Waals surface area contributed by atoms with Crippen LogP contribution in [0.15, 0.2) is 0 Å². The summed E-state index contributed by atoms with van der Waals surface area (Å²) in [6.45, 7) is 16.4. The lowest BCUT2D eigenvalue weighted by atomic mass is 9.67. The van der Waals surface area contributed by atoms with Crippen molar-refractivity contribution in [3.63, 3.8) is 0 Å². The smallest absolute Gasteiger partial charge is 0.0108 e. The van der Waals surface area contributed by atoms with Crippen molar-refractivity contribution in [1.82, 2.24) is 10.2 Å². The molecule has 1 rings (SSSR count). The van der Waals surface area contributed by atoms with Gasteiger partial charge in [0, 0.05) is 18.6 Å². The highest BCUT2D eigenvalue weighted by atomic mass is 15.1. The molecule has 0 heterocycles. The van der Waals surface area contributed by atoms with Crippen LogP contribution in [0.25, 0.3) is 0 Å². The summed E-state index contributed by atoms with van der Waals surface area (Å²) in [5, 5.41) is 3.72. The third kappa shape index (κ3) is 5.07. The fourth-order valence-electron chi connectivity index (χ4n) is 3.36. The van der Waals surface area contributed by atoms with Gasteiger partial charge in [-0.05, 0) is 64.0 Å². The van der Waals surface area contributed by atoms with Crippen molar-refractivity contribution >= 4 is 0 Å². The molecule has 1 saturated carbocycles. The predicted molar refractivity (Wildman–Crippen MR) is 85.5 cm³/mol. The van der Waals surface area contributed by atoms with E-state index in [9.17, 15) is 0 Å². The molecule has 1 aliphatic rings. The lowest BCUT2D eigenvalue weighted by Gasteiger charge is -2.43. The number of hydrogen-bond acceptors (Lipinski definition) is 2. The van der Waals surface area contributed by atoms with Gasteiger partial charge >= 0.3 is 0 Å². The van der Waals surface area contributed by atoms with E-state index in [0.717, 1.165) is 24.4 Å². The second kappa shape index (κ2) is 7.08. The maximum Gasteiger partial charge on any atom is 0.0108 e. The van der Waals surface area contributed by atoms with Gasteiger partial charge in [-0.1, -0.05) is 27.7 Å². The van der Waals surface area contributed by atoms with Gasteiger partial charge in [0.05, 0.1) is 0 Å². The monoisotopic (exact) mass is 268 g/mol. The van der Waals surface area contributed by atoms with E-state index >= 15 is 0 Å². The summed E-state index contributed by atoms with van der Waals surface area (Å²) >= 11 is 0. The molecule has 0 radical (unpaired) electrons. The number of hydrogen-bond donors (Lipinski definition) is 1. The van der Waals surface area contributed by atoms with Crippen molar-refractivity contribution in [2.75, 3.05) is 20.1 Å². The molecule has 1 fully saturated rings. The molecule has 0 amide bonds. The van der Waals surface area contributed by atoms with Crippen molar-refractivity contribution < 1.29 is 0 Å². The van der Waals surface area contributed by atoms with Crippen LogP contribution in [0.2, 0.25) is 0 Å². The first kappa shape index (κ1) is 17.0. The molecule has 114 valence electrons. The number of nitrogens with one attached hydrogen (secondary N) is 1.